The first-order valence-corrected chi connectivity index (χ1v) is 5.74. The predicted octanol–water partition coefficient (Wildman–Crippen LogP) is 1.92. The second-order valence-corrected chi connectivity index (χ2v) is 4.75. The lowest BCUT2D eigenvalue weighted by Crippen LogP contribution is -2.20. The average Bonchev–Trinajstić information content (AvgIpc) is 3.05. The van der Waals surface area contributed by atoms with E-state index in [9.17, 15) is 14.9 Å². The Kier molecular flexibility index (Phi) is 2.94. The first-order chi connectivity index (χ1) is 8.45. The van der Waals surface area contributed by atoms with Gasteiger partial charge in [0.2, 0.25) is 0 Å². The fraction of sp³-hybridized carbons (Fsp3) is 0.417. The minimum atomic E-state index is -0.443. The van der Waals surface area contributed by atoms with Crippen molar-refractivity contribution in [1.29, 1.82) is 0 Å². The monoisotopic (exact) mass is 249 g/mol. The number of benzene rings is 1. The number of carbonyl (C=O) groups excluding carboxylic acids is 1. The van der Waals surface area contributed by atoms with Crippen LogP contribution in [0.4, 0.5) is 11.4 Å². The van der Waals surface area contributed by atoms with Crippen molar-refractivity contribution in [2.45, 2.75) is 25.3 Å². The lowest BCUT2D eigenvalue weighted by molar-refractivity contribution is -0.384. The summed E-state index contributed by atoms with van der Waals surface area (Å²) in [6, 6.07) is 4.34. The number of rotatable bonds is 4. The van der Waals surface area contributed by atoms with Gasteiger partial charge in [-0.2, -0.15) is 0 Å². The highest BCUT2D eigenvalue weighted by Gasteiger charge is 2.38. The fourth-order valence-electron chi connectivity index (χ4n) is 1.72. The van der Waals surface area contributed by atoms with Crippen molar-refractivity contribution in [3.05, 3.63) is 33.9 Å². The molecule has 0 atom stereocenters. The highest BCUT2D eigenvalue weighted by atomic mass is 16.6. The van der Waals surface area contributed by atoms with Crippen LogP contribution in [0, 0.1) is 10.1 Å². The molecule has 1 aromatic rings. The van der Waals surface area contributed by atoms with Crippen molar-refractivity contribution in [2.24, 2.45) is 0 Å². The normalized spacial score (nSPS) is 15.9. The molecule has 0 spiro atoms. The molecule has 1 aliphatic rings. The standard InChI is InChI=1S/C12H15N3O3/c1-12(5-6-12)14-9-7-8(11(16)13-2)3-4-10(9)15(17)18/h3-4,7,14H,5-6H2,1-2H3,(H,13,16). The fourth-order valence-corrected chi connectivity index (χ4v) is 1.72. The van der Waals surface area contributed by atoms with Crippen LogP contribution in [-0.4, -0.2) is 23.4 Å². The first kappa shape index (κ1) is 12.3. The van der Waals surface area contributed by atoms with E-state index in [4.69, 9.17) is 0 Å². The quantitative estimate of drug-likeness (QED) is 0.630. The van der Waals surface area contributed by atoms with Crippen molar-refractivity contribution in [3.63, 3.8) is 0 Å². The van der Waals surface area contributed by atoms with E-state index in [-0.39, 0.29) is 17.1 Å². The van der Waals surface area contributed by atoms with Gasteiger partial charge < -0.3 is 10.6 Å². The van der Waals surface area contributed by atoms with Crippen LogP contribution in [0.5, 0.6) is 0 Å². The highest BCUT2D eigenvalue weighted by molar-refractivity contribution is 5.95. The molecule has 0 heterocycles. The maximum absolute atomic E-state index is 11.5. The van der Waals surface area contributed by atoms with Gasteiger partial charge in [-0.25, -0.2) is 0 Å². The van der Waals surface area contributed by atoms with E-state index >= 15 is 0 Å². The smallest absolute Gasteiger partial charge is 0.292 e. The zero-order valence-corrected chi connectivity index (χ0v) is 10.3. The van der Waals surface area contributed by atoms with E-state index in [0.29, 0.717) is 11.3 Å². The minimum absolute atomic E-state index is 0.00391. The molecule has 96 valence electrons. The summed E-state index contributed by atoms with van der Waals surface area (Å²) in [5.74, 6) is -0.256. The Hall–Kier alpha value is -2.11. The van der Waals surface area contributed by atoms with E-state index in [0.717, 1.165) is 12.8 Å². The van der Waals surface area contributed by atoms with Crippen LogP contribution < -0.4 is 10.6 Å². The van der Waals surface area contributed by atoms with Crippen LogP contribution in [0.3, 0.4) is 0 Å². The summed E-state index contributed by atoms with van der Waals surface area (Å²) in [5, 5.41) is 16.6. The summed E-state index contributed by atoms with van der Waals surface area (Å²) in [6.07, 6.45) is 1.96. The third kappa shape index (κ3) is 2.42. The summed E-state index contributed by atoms with van der Waals surface area (Å²) in [5.41, 5.74) is 0.734. The second kappa shape index (κ2) is 4.29. The van der Waals surface area contributed by atoms with E-state index in [1.807, 2.05) is 6.92 Å². The molecule has 2 rings (SSSR count). The van der Waals surface area contributed by atoms with E-state index in [1.54, 1.807) is 0 Å². The van der Waals surface area contributed by atoms with E-state index in [2.05, 4.69) is 10.6 Å². The minimum Gasteiger partial charge on any atom is -0.374 e. The molecule has 0 aromatic heterocycles. The highest BCUT2D eigenvalue weighted by Crippen LogP contribution is 2.40. The molecule has 6 heteroatoms. The third-order valence-corrected chi connectivity index (χ3v) is 3.12. The SMILES string of the molecule is CNC(=O)c1ccc([N+](=O)[O-])c(NC2(C)CC2)c1. The van der Waals surface area contributed by atoms with Gasteiger partial charge in [-0.15, -0.1) is 0 Å². The number of nitrogens with zero attached hydrogens (tertiary/aromatic N) is 1. The maximum Gasteiger partial charge on any atom is 0.292 e. The van der Waals surface area contributed by atoms with Crippen molar-refractivity contribution in [2.75, 3.05) is 12.4 Å². The summed E-state index contributed by atoms with van der Waals surface area (Å²) in [4.78, 5) is 22.0. The topological polar surface area (TPSA) is 84.3 Å². The van der Waals surface area contributed by atoms with E-state index < -0.39 is 4.92 Å². The summed E-state index contributed by atoms with van der Waals surface area (Å²) in [6.45, 7) is 2.00. The zero-order valence-electron chi connectivity index (χ0n) is 10.3. The molecule has 18 heavy (non-hydrogen) atoms. The van der Waals surface area contributed by atoms with Gasteiger partial charge in [-0.05, 0) is 31.9 Å². The molecule has 0 radical (unpaired) electrons. The molecule has 1 fully saturated rings. The van der Waals surface area contributed by atoms with Crippen molar-refractivity contribution in [1.82, 2.24) is 5.32 Å². The number of hydrogen-bond donors (Lipinski definition) is 2. The molecule has 1 amide bonds. The zero-order chi connectivity index (χ0) is 13.3. The number of amides is 1. The second-order valence-electron chi connectivity index (χ2n) is 4.75. The number of hydrogen-bond acceptors (Lipinski definition) is 4. The molecular formula is C12H15N3O3. The van der Waals surface area contributed by atoms with Crippen LogP contribution in [0.2, 0.25) is 0 Å². The van der Waals surface area contributed by atoms with Gasteiger partial charge in [-0.1, -0.05) is 0 Å². The Morgan fingerprint density at radius 3 is 2.61 bits per heavy atom. The maximum atomic E-state index is 11.5. The molecular weight excluding hydrogens is 234 g/mol. The van der Waals surface area contributed by atoms with Crippen LogP contribution in [-0.2, 0) is 0 Å². The van der Waals surface area contributed by atoms with Crippen LogP contribution >= 0.6 is 0 Å². The molecule has 1 aromatic carbocycles. The van der Waals surface area contributed by atoms with Crippen LogP contribution in [0.1, 0.15) is 30.1 Å². The van der Waals surface area contributed by atoms with Gasteiger partial charge in [0.25, 0.3) is 11.6 Å². The van der Waals surface area contributed by atoms with Crippen molar-refractivity contribution in [3.8, 4) is 0 Å². The molecule has 0 bridgehead atoms. The van der Waals surface area contributed by atoms with Crippen molar-refractivity contribution < 1.29 is 9.72 Å². The number of nitro groups is 1. The molecule has 6 nitrogen and oxygen atoms in total. The molecule has 1 saturated carbocycles. The Labute approximate surface area is 105 Å². The van der Waals surface area contributed by atoms with Crippen molar-refractivity contribution >= 4 is 17.3 Å². The molecule has 0 aliphatic heterocycles. The first-order valence-electron chi connectivity index (χ1n) is 5.74. The number of nitrogens with one attached hydrogen (secondary N) is 2. The molecule has 0 saturated heterocycles. The number of nitro benzene ring substituents is 1. The molecule has 1 aliphatic carbocycles. The Bertz CT molecular complexity index is 509. The average molecular weight is 249 g/mol. The van der Waals surface area contributed by atoms with Gasteiger partial charge in [0.15, 0.2) is 0 Å². The third-order valence-electron chi connectivity index (χ3n) is 3.12. The lowest BCUT2D eigenvalue weighted by atomic mass is 10.1. The van der Waals surface area contributed by atoms with Gasteiger partial charge in [-0.3, -0.25) is 14.9 Å². The van der Waals surface area contributed by atoms with Crippen LogP contribution in [0.25, 0.3) is 0 Å². The summed E-state index contributed by atoms with van der Waals surface area (Å²) < 4.78 is 0. The Morgan fingerprint density at radius 2 is 2.11 bits per heavy atom. The molecule has 0 unspecified atom stereocenters. The summed E-state index contributed by atoms with van der Waals surface area (Å²) >= 11 is 0. The van der Waals surface area contributed by atoms with Crippen LogP contribution in [0.15, 0.2) is 18.2 Å². The number of anilines is 1. The Balaban J connectivity index is 2.37. The van der Waals surface area contributed by atoms with Gasteiger partial charge in [0.05, 0.1) is 4.92 Å². The Morgan fingerprint density at radius 1 is 1.44 bits per heavy atom. The predicted molar refractivity (Wildman–Crippen MR) is 67.7 cm³/mol. The van der Waals surface area contributed by atoms with Gasteiger partial charge in [0, 0.05) is 24.2 Å². The largest absolute Gasteiger partial charge is 0.374 e. The summed E-state index contributed by atoms with van der Waals surface area (Å²) in [7, 11) is 1.53. The lowest BCUT2D eigenvalue weighted by Gasteiger charge is -2.14. The van der Waals surface area contributed by atoms with Gasteiger partial charge in [0.1, 0.15) is 5.69 Å². The van der Waals surface area contributed by atoms with E-state index in [1.165, 1.54) is 25.2 Å². The number of carbonyl (C=O) groups is 1. The molecule has 2 N–H and O–H groups in total. The van der Waals surface area contributed by atoms with Gasteiger partial charge >= 0.3 is 0 Å².